The molecule has 0 bridgehead atoms. The van der Waals surface area contributed by atoms with Gasteiger partial charge in [-0.1, -0.05) is 6.92 Å². The number of rotatable bonds is 5. The number of carboxylic acids is 1. The number of carboxylic acid groups (broad SMARTS) is 1. The summed E-state index contributed by atoms with van der Waals surface area (Å²) in [4.78, 5) is 15.4. The number of thiazole rings is 1. The van der Waals surface area contributed by atoms with Crippen LogP contribution >= 0.6 is 11.3 Å². The van der Waals surface area contributed by atoms with Gasteiger partial charge in [0.15, 0.2) is 0 Å². The summed E-state index contributed by atoms with van der Waals surface area (Å²) < 4.78 is 5.27. The Hall–Kier alpha value is -0.940. The normalized spacial score (nSPS) is 13.8. The van der Waals surface area contributed by atoms with E-state index in [2.05, 4.69) is 4.98 Å². The van der Waals surface area contributed by atoms with Crippen LogP contribution < -0.4 is 0 Å². The monoisotopic (exact) mass is 243 g/mol. The molecular weight excluding hydrogens is 226 g/mol. The first-order chi connectivity index (χ1) is 7.43. The number of hydrogen-bond acceptors (Lipinski definition) is 4. The van der Waals surface area contributed by atoms with Gasteiger partial charge in [0.25, 0.3) is 0 Å². The van der Waals surface area contributed by atoms with Crippen molar-refractivity contribution in [1.29, 1.82) is 0 Å². The molecule has 0 saturated heterocycles. The molecule has 0 fully saturated rings. The lowest BCUT2D eigenvalue weighted by Crippen LogP contribution is -2.28. The fraction of sp³-hybridized carbons (Fsp3) is 0.636. The molecule has 0 aliphatic carbocycles. The number of ether oxygens (including phenoxy) is 1. The third kappa shape index (κ3) is 2.41. The van der Waals surface area contributed by atoms with E-state index in [1.165, 1.54) is 11.3 Å². The van der Waals surface area contributed by atoms with E-state index < -0.39 is 11.4 Å². The fourth-order valence-corrected chi connectivity index (χ4v) is 2.42. The van der Waals surface area contributed by atoms with Crippen molar-refractivity contribution in [2.24, 2.45) is 0 Å². The summed E-state index contributed by atoms with van der Waals surface area (Å²) in [5.41, 5.74) is -0.351. The molecule has 1 heterocycles. The lowest BCUT2D eigenvalue weighted by atomic mass is 9.90. The zero-order chi connectivity index (χ0) is 12.3. The Morgan fingerprint density at radius 3 is 2.75 bits per heavy atom. The van der Waals surface area contributed by atoms with Gasteiger partial charge in [0.1, 0.15) is 16.5 Å². The molecule has 5 heteroatoms. The topological polar surface area (TPSA) is 59.4 Å². The maximum absolute atomic E-state index is 11.1. The lowest BCUT2D eigenvalue weighted by molar-refractivity contribution is -0.142. The van der Waals surface area contributed by atoms with Gasteiger partial charge in [-0.15, -0.1) is 11.3 Å². The molecule has 1 rings (SSSR count). The SMILES string of the molecule is CCC(OC)c1nc(C(C)(C)C(=O)O)cs1. The molecule has 90 valence electrons. The van der Waals surface area contributed by atoms with Crippen molar-refractivity contribution in [3.63, 3.8) is 0 Å². The average Bonchev–Trinajstić information content (AvgIpc) is 2.69. The van der Waals surface area contributed by atoms with Gasteiger partial charge >= 0.3 is 5.97 Å². The van der Waals surface area contributed by atoms with Crippen LogP contribution in [0.2, 0.25) is 0 Å². The second kappa shape index (κ2) is 4.93. The van der Waals surface area contributed by atoms with E-state index in [-0.39, 0.29) is 6.10 Å². The zero-order valence-electron chi connectivity index (χ0n) is 9.98. The van der Waals surface area contributed by atoms with E-state index in [1.807, 2.05) is 6.92 Å². The van der Waals surface area contributed by atoms with Gasteiger partial charge in [0, 0.05) is 12.5 Å². The van der Waals surface area contributed by atoms with Crippen LogP contribution in [0.15, 0.2) is 5.38 Å². The summed E-state index contributed by atoms with van der Waals surface area (Å²) in [6.07, 6.45) is 0.792. The maximum Gasteiger partial charge on any atom is 0.315 e. The van der Waals surface area contributed by atoms with Crippen LogP contribution in [0.25, 0.3) is 0 Å². The van der Waals surface area contributed by atoms with Gasteiger partial charge in [0.05, 0.1) is 5.69 Å². The molecule has 0 radical (unpaired) electrons. The number of aromatic nitrogens is 1. The molecule has 16 heavy (non-hydrogen) atoms. The van der Waals surface area contributed by atoms with Gasteiger partial charge < -0.3 is 9.84 Å². The van der Waals surface area contributed by atoms with Crippen LogP contribution in [-0.2, 0) is 14.9 Å². The second-order valence-corrected chi connectivity index (χ2v) is 5.02. The van der Waals surface area contributed by atoms with Crippen molar-refractivity contribution in [2.75, 3.05) is 7.11 Å². The molecule has 1 aromatic rings. The van der Waals surface area contributed by atoms with Gasteiger partial charge in [-0.2, -0.15) is 0 Å². The third-order valence-electron chi connectivity index (χ3n) is 2.63. The van der Waals surface area contributed by atoms with Crippen molar-refractivity contribution < 1.29 is 14.6 Å². The van der Waals surface area contributed by atoms with Crippen LogP contribution in [0.3, 0.4) is 0 Å². The molecule has 1 N–H and O–H groups in total. The second-order valence-electron chi connectivity index (χ2n) is 4.13. The third-order valence-corrected chi connectivity index (χ3v) is 3.56. The highest BCUT2D eigenvalue weighted by Gasteiger charge is 2.32. The average molecular weight is 243 g/mol. The van der Waals surface area contributed by atoms with E-state index in [0.717, 1.165) is 11.4 Å². The van der Waals surface area contributed by atoms with Crippen LogP contribution in [0.5, 0.6) is 0 Å². The Morgan fingerprint density at radius 2 is 2.31 bits per heavy atom. The lowest BCUT2D eigenvalue weighted by Gasteiger charge is -2.16. The number of aliphatic carboxylic acids is 1. The molecule has 0 aromatic carbocycles. The Bertz CT molecular complexity index is 369. The van der Waals surface area contributed by atoms with Crippen molar-refractivity contribution in [3.8, 4) is 0 Å². The van der Waals surface area contributed by atoms with E-state index in [9.17, 15) is 4.79 Å². The maximum atomic E-state index is 11.1. The molecule has 1 aromatic heterocycles. The fourth-order valence-electron chi connectivity index (χ4n) is 1.27. The number of hydrogen-bond donors (Lipinski definition) is 1. The summed E-state index contributed by atoms with van der Waals surface area (Å²) in [6.45, 7) is 5.32. The highest BCUT2D eigenvalue weighted by Crippen LogP contribution is 2.29. The van der Waals surface area contributed by atoms with Crippen LogP contribution in [0.4, 0.5) is 0 Å². The molecule has 0 aliphatic rings. The largest absolute Gasteiger partial charge is 0.481 e. The van der Waals surface area contributed by atoms with Crippen molar-refractivity contribution >= 4 is 17.3 Å². The standard InChI is InChI=1S/C11H17NO3S/c1-5-7(15-4)9-12-8(6-16-9)11(2,3)10(13)14/h6-7H,5H2,1-4H3,(H,13,14). The van der Waals surface area contributed by atoms with Gasteiger partial charge in [-0.25, -0.2) is 4.98 Å². The minimum Gasteiger partial charge on any atom is -0.481 e. The van der Waals surface area contributed by atoms with E-state index in [1.54, 1.807) is 26.3 Å². The van der Waals surface area contributed by atoms with Crippen LogP contribution in [-0.4, -0.2) is 23.2 Å². The van der Waals surface area contributed by atoms with E-state index >= 15 is 0 Å². The highest BCUT2D eigenvalue weighted by molar-refractivity contribution is 7.09. The summed E-state index contributed by atoms with van der Waals surface area (Å²) in [7, 11) is 1.64. The molecule has 4 nitrogen and oxygen atoms in total. The Morgan fingerprint density at radius 1 is 1.69 bits per heavy atom. The zero-order valence-corrected chi connectivity index (χ0v) is 10.8. The van der Waals surface area contributed by atoms with Gasteiger partial charge in [-0.05, 0) is 20.3 Å². The molecule has 0 saturated carbocycles. The van der Waals surface area contributed by atoms with Crippen LogP contribution in [0.1, 0.15) is 44.0 Å². The quantitative estimate of drug-likeness (QED) is 0.863. The predicted octanol–water partition coefficient (Wildman–Crippen LogP) is 2.60. The minimum atomic E-state index is -0.944. The molecule has 0 spiro atoms. The predicted molar refractivity (Wildman–Crippen MR) is 62.8 cm³/mol. The Labute approximate surface area is 99.3 Å². The van der Waals surface area contributed by atoms with Gasteiger partial charge in [0.2, 0.25) is 0 Å². The molecule has 0 amide bonds. The minimum absolute atomic E-state index is 0.0386. The smallest absolute Gasteiger partial charge is 0.315 e. The highest BCUT2D eigenvalue weighted by atomic mass is 32.1. The van der Waals surface area contributed by atoms with Crippen LogP contribution in [0, 0.1) is 0 Å². The Kier molecular flexibility index (Phi) is 4.04. The van der Waals surface area contributed by atoms with Gasteiger partial charge in [-0.3, -0.25) is 4.79 Å². The molecule has 0 aliphatic heterocycles. The summed E-state index contributed by atoms with van der Waals surface area (Å²) in [5.74, 6) is -0.866. The summed E-state index contributed by atoms with van der Waals surface area (Å²) in [5, 5.41) is 11.7. The number of methoxy groups -OCH3 is 1. The van der Waals surface area contributed by atoms with Crippen molar-refractivity contribution in [1.82, 2.24) is 4.98 Å². The molecule has 1 atom stereocenters. The van der Waals surface area contributed by atoms with E-state index in [0.29, 0.717) is 5.69 Å². The molecular formula is C11H17NO3S. The first-order valence-electron chi connectivity index (χ1n) is 5.15. The first-order valence-corrected chi connectivity index (χ1v) is 6.03. The molecule has 1 unspecified atom stereocenters. The summed E-state index contributed by atoms with van der Waals surface area (Å²) >= 11 is 1.45. The van der Waals surface area contributed by atoms with E-state index in [4.69, 9.17) is 9.84 Å². The Balaban J connectivity index is 2.99. The first kappa shape index (κ1) is 13.1. The summed E-state index contributed by atoms with van der Waals surface area (Å²) in [6, 6.07) is 0. The number of carbonyl (C=O) groups is 1. The number of nitrogens with zero attached hydrogens (tertiary/aromatic N) is 1. The van der Waals surface area contributed by atoms with Crippen molar-refractivity contribution in [3.05, 3.63) is 16.1 Å². The van der Waals surface area contributed by atoms with Crippen molar-refractivity contribution in [2.45, 2.75) is 38.7 Å².